The Kier molecular flexibility index (Phi) is 8.26. The van der Waals surface area contributed by atoms with E-state index < -0.39 is 39.9 Å². The third kappa shape index (κ3) is 6.15. The van der Waals surface area contributed by atoms with Crippen LogP contribution in [-0.2, 0) is 13.6 Å². The molecule has 0 spiro atoms. The average Bonchev–Trinajstić information content (AvgIpc) is 3.06. The number of ketones is 1. The van der Waals surface area contributed by atoms with E-state index in [1.54, 1.807) is 0 Å². The molecule has 0 bridgehead atoms. The molecule has 8 nitrogen and oxygen atoms in total. The summed E-state index contributed by atoms with van der Waals surface area (Å²) < 4.78 is 20.8. The van der Waals surface area contributed by atoms with Crippen LogP contribution in [-0.4, -0.2) is 50.8 Å². The van der Waals surface area contributed by atoms with E-state index in [2.05, 4.69) is 79.3 Å². The van der Waals surface area contributed by atoms with Gasteiger partial charge in [-0.3, -0.25) is 19.1 Å². The number of hydrogen-bond acceptors (Lipinski definition) is 6. The maximum Gasteiger partial charge on any atom is 0.330 e. The van der Waals surface area contributed by atoms with Gasteiger partial charge in [-0.1, -0.05) is 48.1 Å². The van der Waals surface area contributed by atoms with Crippen LogP contribution in [0.25, 0.3) is 0 Å². The van der Waals surface area contributed by atoms with Gasteiger partial charge in [-0.25, -0.2) is 4.79 Å². The van der Waals surface area contributed by atoms with Gasteiger partial charge in [0.1, 0.15) is 17.9 Å². The summed E-state index contributed by atoms with van der Waals surface area (Å²) in [5, 5.41) is 0.0326. The molecular weight excluding hydrogens is 468 g/mol. The summed E-state index contributed by atoms with van der Waals surface area (Å²) in [7, 11) is -4.19. The highest BCUT2D eigenvalue weighted by Crippen LogP contribution is 2.42. The standard InChI is InChI=1S/C24H42N2O6Si2/c1-12-17(27)16-14-26(22(29)25-21(16)28)20-13-18(32-34(10,11)24(5,6)7)19(31-20)15-30-33(8,9)23(2,3)4/h12,14,18-20H,1,13,15H2,2-11H3,(H,25,28,29)/t18-,19+,20+/m0/s1. The second kappa shape index (κ2) is 9.81. The highest BCUT2D eigenvalue weighted by atomic mass is 28.4. The predicted octanol–water partition coefficient (Wildman–Crippen LogP) is 4.61. The summed E-state index contributed by atoms with van der Waals surface area (Å²) in [4.78, 5) is 39.1. The van der Waals surface area contributed by atoms with Gasteiger partial charge in [0.2, 0.25) is 0 Å². The molecule has 1 saturated heterocycles. The van der Waals surface area contributed by atoms with E-state index in [1.165, 1.54) is 10.8 Å². The van der Waals surface area contributed by atoms with Crippen molar-refractivity contribution in [1.29, 1.82) is 0 Å². The van der Waals surface area contributed by atoms with Crippen molar-refractivity contribution in [2.75, 3.05) is 6.61 Å². The molecule has 34 heavy (non-hydrogen) atoms. The first-order chi connectivity index (χ1) is 15.3. The highest BCUT2D eigenvalue weighted by molar-refractivity contribution is 6.74. The van der Waals surface area contributed by atoms with E-state index in [4.69, 9.17) is 13.6 Å². The number of nitrogens with zero attached hydrogens (tertiary/aromatic N) is 1. The molecule has 1 fully saturated rings. The summed E-state index contributed by atoms with van der Waals surface area (Å²) in [6, 6.07) is 0. The Hall–Kier alpha value is -1.60. The zero-order chi connectivity index (χ0) is 26.3. The van der Waals surface area contributed by atoms with E-state index >= 15 is 0 Å². The van der Waals surface area contributed by atoms with E-state index in [-0.39, 0.29) is 27.8 Å². The van der Waals surface area contributed by atoms with Crippen LogP contribution in [0.5, 0.6) is 0 Å². The number of rotatable bonds is 8. The Morgan fingerprint density at radius 2 is 1.71 bits per heavy atom. The molecule has 10 heteroatoms. The van der Waals surface area contributed by atoms with Crippen molar-refractivity contribution < 1.29 is 18.4 Å². The molecule has 0 saturated carbocycles. The highest BCUT2D eigenvalue weighted by Gasteiger charge is 2.46. The van der Waals surface area contributed by atoms with Gasteiger partial charge in [-0.05, 0) is 42.3 Å². The lowest BCUT2D eigenvalue weighted by atomic mass is 10.2. The number of aromatic amines is 1. The molecule has 1 aliphatic rings. The van der Waals surface area contributed by atoms with Crippen LogP contribution in [0.3, 0.4) is 0 Å². The Balaban J connectivity index is 2.41. The zero-order valence-electron chi connectivity index (χ0n) is 22.4. The second-order valence-corrected chi connectivity index (χ2v) is 21.7. The van der Waals surface area contributed by atoms with Crippen LogP contribution in [0, 0.1) is 0 Å². The predicted molar refractivity (Wildman–Crippen MR) is 140 cm³/mol. The average molecular weight is 511 g/mol. The number of ether oxygens (including phenoxy) is 1. The monoisotopic (exact) mass is 510 g/mol. The Morgan fingerprint density at radius 1 is 1.15 bits per heavy atom. The van der Waals surface area contributed by atoms with Gasteiger partial charge < -0.3 is 13.6 Å². The van der Waals surface area contributed by atoms with Gasteiger partial charge in [0.25, 0.3) is 5.56 Å². The molecule has 0 amide bonds. The van der Waals surface area contributed by atoms with Gasteiger partial charge in [0.15, 0.2) is 22.4 Å². The van der Waals surface area contributed by atoms with Crippen molar-refractivity contribution in [1.82, 2.24) is 9.55 Å². The molecule has 2 rings (SSSR count). The fraction of sp³-hybridized carbons (Fsp3) is 0.708. The first-order valence-electron chi connectivity index (χ1n) is 11.8. The molecule has 0 aliphatic carbocycles. The minimum absolute atomic E-state index is 0.00566. The quantitative estimate of drug-likeness (QED) is 0.312. The van der Waals surface area contributed by atoms with Crippen LogP contribution in [0.2, 0.25) is 36.3 Å². The number of allylic oxidation sites excluding steroid dienone is 1. The third-order valence-corrected chi connectivity index (χ3v) is 16.6. The molecule has 192 valence electrons. The van der Waals surface area contributed by atoms with Crippen molar-refractivity contribution in [2.45, 2.75) is 103 Å². The lowest BCUT2D eigenvalue weighted by Crippen LogP contribution is -2.48. The fourth-order valence-corrected chi connectivity index (χ4v) is 5.56. The Bertz CT molecular complexity index is 1030. The second-order valence-electron chi connectivity index (χ2n) is 12.1. The molecule has 3 atom stereocenters. The van der Waals surface area contributed by atoms with Crippen molar-refractivity contribution in [3.63, 3.8) is 0 Å². The molecule has 0 radical (unpaired) electrons. The Labute approximate surface area is 205 Å². The first-order valence-corrected chi connectivity index (χ1v) is 17.6. The topological polar surface area (TPSA) is 99.6 Å². The van der Waals surface area contributed by atoms with E-state index in [0.717, 1.165) is 6.08 Å². The number of hydrogen-bond donors (Lipinski definition) is 1. The maximum absolute atomic E-state index is 12.6. The van der Waals surface area contributed by atoms with Crippen molar-refractivity contribution in [3.05, 3.63) is 45.3 Å². The summed E-state index contributed by atoms with van der Waals surface area (Å²) in [5.74, 6) is -0.556. The van der Waals surface area contributed by atoms with Crippen LogP contribution < -0.4 is 11.2 Å². The molecular formula is C24H42N2O6Si2. The van der Waals surface area contributed by atoms with Gasteiger partial charge in [0.05, 0.1) is 12.7 Å². The smallest absolute Gasteiger partial charge is 0.330 e. The van der Waals surface area contributed by atoms with Crippen molar-refractivity contribution >= 4 is 22.4 Å². The number of H-pyrrole nitrogens is 1. The maximum atomic E-state index is 12.6. The van der Waals surface area contributed by atoms with Crippen LogP contribution >= 0.6 is 0 Å². The number of carbonyl (C=O) groups excluding carboxylic acids is 1. The molecule has 1 aromatic rings. The lowest BCUT2D eigenvalue weighted by Gasteiger charge is -2.40. The Morgan fingerprint density at radius 3 is 2.21 bits per heavy atom. The fourth-order valence-electron chi connectivity index (χ4n) is 3.19. The zero-order valence-corrected chi connectivity index (χ0v) is 24.4. The molecule has 2 heterocycles. The van der Waals surface area contributed by atoms with E-state index in [0.29, 0.717) is 13.0 Å². The normalized spacial score (nSPS) is 22.1. The number of aromatic nitrogens is 2. The van der Waals surface area contributed by atoms with Gasteiger partial charge in [-0.15, -0.1) is 0 Å². The summed E-state index contributed by atoms with van der Waals surface area (Å²) in [6.45, 7) is 25.6. The van der Waals surface area contributed by atoms with Crippen LogP contribution in [0.15, 0.2) is 28.4 Å². The van der Waals surface area contributed by atoms with Crippen LogP contribution in [0.4, 0.5) is 0 Å². The van der Waals surface area contributed by atoms with Crippen LogP contribution in [0.1, 0.15) is 64.5 Å². The van der Waals surface area contributed by atoms with Crippen molar-refractivity contribution in [2.24, 2.45) is 0 Å². The van der Waals surface area contributed by atoms with Gasteiger partial charge >= 0.3 is 5.69 Å². The number of carbonyl (C=O) groups is 1. The molecule has 0 unspecified atom stereocenters. The third-order valence-electron chi connectivity index (χ3n) is 7.58. The number of nitrogens with one attached hydrogen (secondary N) is 1. The molecule has 1 aliphatic heterocycles. The minimum Gasteiger partial charge on any atom is -0.414 e. The van der Waals surface area contributed by atoms with E-state index in [1.807, 2.05) is 0 Å². The summed E-state index contributed by atoms with van der Waals surface area (Å²) >= 11 is 0. The summed E-state index contributed by atoms with van der Waals surface area (Å²) in [6.07, 6.45) is 1.36. The summed E-state index contributed by atoms with van der Waals surface area (Å²) in [5.41, 5.74) is -1.52. The molecule has 1 N–H and O–H groups in total. The van der Waals surface area contributed by atoms with E-state index in [9.17, 15) is 14.4 Å². The minimum atomic E-state index is -2.15. The van der Waals surface area contributed by atoms with Crippen molar-refractivity contribution in [3.8, 4) is 0 Å². The SMILES string of the molecule is C=CC(=O)c1cn([C@H]2C[C@H](O[Si](C)(C)C(C)(C)C)[C@@H](CO[Si](C)(C)C(C)(C)C)O2)c(=O)[nH]c1=O. The van der Waals surface area contributed by atoms with Gasteiger partial charge in [0, 0.05) is 12.6 Å². The molecule has 1 aromatic heterocycles. The largest absolute Gasteiger partial charge is 0.414 e. The lowest BCUT2D eigenvalue weighted by molar-refractivity contribution is -0.0412. The van der Waals surface area contributed by atoms with Gasteiger partial charge in [-0.2, -0.15) is 0 Å². The molecule has 0 aromatic carbocycles. The first kappa shape index (κ1) is 28.6.